The van der Waals surface area contributed by atoms with E-state index >= 15 is 0 Å². The van der Waals surface area contributed by atoms with Crippen LogP contribution in [0.15, 0.2) is 24.3 Å². The summed E-state index contributed by atoms with van der Waals surface area (Å²) in [7, 11) is 0. The molecule has 1 unspecified atom stereocenters. The van der Waals surface area contributed by atoms with Crippen LogP contribution in [0.25, 0.3) is 0 Å². The van der Waals surface area contributed by atoms with Gasteiger partial charge in [0.25, 0.3) is 0 Å². The first-order chi connectivity index (χ1) is 6.86. The third-order valence-electron chi connectivity index (χ3n) is 4.67. The minimum atomic E-state index is -0.507. The van der Waals surface area contributed by atoms with E-state index in [1.54, 1.807) is 0 Å². The molecular formula is C12H14O2. The SMILES string of the molecule is OC1OC[C@@H]2[C@@H]3C=C[C@@H]([C@H]4C=C[C@H]43)[C@H]12. The number of rotatable bonds is 0. The smallest absolute Gasteiger partial charge is 0.158 e. The van der Waals surface area contributed by atoms with E-state index in [0.29, 0.717) is 29.6 Å². The average Bonchev–Trinajstić information content (AvgIpc) is 2.50. The Hall–Kier alpha value is -0.600. The van der Waals surface area contributed by atoms with Crippen LogP contribution in [0, 0.1) is 35.5 Å². The molecule has 5 aliphatic rings. The van der Waals surface area contributed by atoms with Crippen molar-refractivity contribution in [1.29, 1.82) is 0 Å². The molecule has 2 nitrogen and oxygen atoms in total. The van der Waals surface area contributed by atoms with Gasteiger partial charge in [-0.15, -0.1) is 0 Å². The van der Waals surface area contributed by atoms with E-state index in [2.05, 4.69) is 24.3 Å². The molecular weight excluding hydrogens is 176 g/mol. The molecule has 1 saturated heterocycles. The van der Waals surface area contributed by atoms with Gasteiger partial charge in [0, 0.05) is 5.92 Å². The quantitative estimate of drug-likeness (QED) is 0.581. The van der Waals surface area contributed by atoms with E-state index in [0.717, 1.165) is 12.5 Å². The van der Waals surface area contributed by atoms with Crippen molar-refractivity contribution < 1.29 is 9.84 Å². The fourth-order valence-corrected chi connectivity index (χ4v) is 3.95. The summed E-state index contributed by atoms with van der Waals surface area (Å²) in [6.45, 7) is 0.758. The largest absolute Gasteiger partial charge is 0.368 e. The molecule has 2 bridgehead atoms. The standard InChI is InChI=1S/C12H14O2/c13-12-11-9-4-3-8(10(11)5-14-12)6-1-2-7(6)9/h1-4,6-13H,5H2/t6-,7+,8-,9+,10-,11+,12?/m1/s1. The molecule has 0 aromatic heterocycles. The molecule has 0 amide bonds. The Morgan fingerprint density at radius 3 is 2.36 bits per heavy atom. The van der Waals surface area contributed by atoms with Crippen molar-refractivity contribution in [2.24, 2.45) is 35.5 Å². The first kappa shape index (κ1) is 7.66. The van der Waals surface area contributed by atoms with Crippen LogP contribution in [0.1, 0.15) is 0 Å². The second kappa shape index (κ2) is 2.31. The molecule has 0 aromatic carbocycles. The Kier molecular flexibility index (Phi) is 1.27. The summed E-state index contributed by atoms with van der Waals surface area (Å²) in [5, 5.41) is 9.79. The van der Waals surface area contributed by atoms with Crippen molar-refractivity contribution in [3.8, 4) is 0 Å². The van der Waals surface area contributed by atoms with Gasteiger partial charge in [0.15, 0.2) is 6.29 Å². The first-order valence-corrected chi connectivity index (χ1v) is 5.52. The van der Waals surface area contributed by atoms with Crippen LogP contribution in [0.3, 0.4) is 0 Å². The van der Waals surface area contributed by atoms with Gasteiger partial charge in [-0.25, -0.2) is 0 Å². The van der Waals surface area contributed by atoms with Crippen molar-refractivity contribution in [2.75, 3.05) is 6.61 Å². The number of allylic oxidation sites excluding steroid dienone is 4. The van der Waals surface area contributed by atoms with Gasteiger partial charge in [0.05, 0.1) is 6.61 Å². The fraction of sp³-hybridized carbons (Fsp3) is 0.667. The lowest BCUT2D eigenvalue weighted by molar-refractivity contribution is -0.101. The molecule has 0 radical (unpaired) electrons. The van der Waals surface area contributed by atoms with Crippen LogP contribution in [0.5, 0.6) is 0 Å². The predicted molar refractivity (Wildman–Crippen MR) is 51.2 cm³/mol. The zero-order valence-electron chi connectivity index (χ0n) is 7.91. The number of hydrogen-bond acceptors (Lipinski definition) is 2. The summed E-state index contributed by atoms with van der Waals surface area (Å²) in [4.78, 5) is 0. The van der Waals surface area contributed by atoms with Crippen LogP contribution >= 0.6 is 0 Å². The summed E-state index contributed by atoms with van der Waals surface area (Å²) >= 11 is 0. The second-order valence-corrected chi connectivity index (χ2v) is 5.04. The zero-order valence-corrected chi connectivity index (χ0v) is 7.91. The molecule has 2 heteroatoms. The third kappa shape index (κ3) is 0.686. The van der Waals surface area contributed by atoms with Crippen molar-refractivity contribution in [2.45, 2.75) is 6.29 Å². The van der Waals surface area contributed by atoms with Gasteiger partial charge in [-0.1, -0.05) is 24.3 Å². The Balaban J connectivity index is 1.81. The van der Waals surface area contributed by atoms with Crippen molar-refractivity contribution >= 4 is 0 Å². The van der Waals surface area contributed by atoms with Crippen LogP contribution in [0.4, 0.5) is 0 Å². The highest BCUT2D eigenvalue weighted by atomic mass is 16.6. The molecule has 14 heavy (non-hydrogen) atoms. The summed E-state index contributed by atoms with van der Waals surface area (Å²) in [5.41, 5.74) is 0. The summed E-state index contributed by atoms with van der Waals surface area (Å²) in [6, 6.07) is 0. The molecule has 1 aliphatic heterocycles. The molecule has 0 spiro atoms. The number of aliphatic hydroxyl groups excluding tert-OH is 1. The van der Waals surface area contributed by atoms with E-state index in [4.69, 9.17) is 4.74 Å². The fourth-order valence-electron chi connectivity index (χ4n) is 3.95. The molecule has 1 heterocycles. The highest BCUT2D eigenvalue weighted by molar-refractivity contribution is 5.28. The minimum Gasteiger partial charge on any atom is -0.368 e. The molecule has 1 N–H and O–H groups in total. The van der Waals surface area contributed by atoms with Crippen LogP contribution in [0.2, 0.25) is 0 Å². The summed E-state index contributed by atoms with van der Waals surface area (Å²) in [5.74, 6) is 3.57. The van der Waals surface area contributed by atoms with Crippen LogP contribution in [-0.2, 0) is 4.74 Å². The summed E-state index contributed by atoms with van der Waals surface area (Å²) in [6.07, 6.45) is 8.82. The van der Waals surface area contributed by atoms with Gasteiger partial charge >= 0.3 is 0 Å². The van der Waals surface area contributed by atoms with E-state index < -0.39 is 6.29 Å². The van der Waals surface area contributed by atoms with E-state index in [9.17, 15) is 5.11 Å². The molecule has 74 valence electrons. The Labute approximate surface area is 83.3 Å². The van der Waals surface area contributed by atoms with E-state index in [1.165, 1.54) is 0 Å². The maximum Gasteiger partial charge on any atom is 0.158 e. The molecule has 7 atom stereocenters. The van der Waals surface area contributed by atoms with Crippen LogP contribution < -0.4 is 0 Å². The summed E-state index contributed by atoms with van der Waals surface area (Å²) < 4.78 is 5.39. The van der Waals surface area contributed by atoms with Crippen molar-refractivity contribution in [3.05, 3.63) is 24.3 Å². The molecule has 4 aliphatic carbocycles. The lowest BCUT2D eigenvalue weighted by Crippen LogP contribution is -2.50. The van der Waals surface area contributed by atoms with Crippen LogP contribution in [-0.4, -0.2) is 18.0 Å². The van der Waals surface area contributed by atoms with Gasteiger partial charge < -0.3 is 9.84 Å². The molecule has 5 rings (SSSR count). The monoisotopic (exact) mass is 190 g/mol. The minimum absolute atomic E-state index is 0.371. The third-order valence-corrected chi connectivity index (χ3v) is 4.67. The molecule has 0 aromatic rings. The lowest BCUT2D eigenvalue weighted by Gasteiger charge is -2.53. The van der Waals surface area contributed by atoms with Gasteiger partial charge in [0.2, 0.25) is 0 Å². The number of hydrogen-bond donors (Lipinski definition) is 1. The number of aliphatic hydroxyl groups is 1. The molecule has 1 saturated carbocycles. The van der Waals surface area contributed by atoms with Gasteiger partial charge in [-0.2, -0.15) is 0 Å². The maximum absolute atomic E-state index is 9.79. The van der Waals surface area contributed by atoms with Gasteiger partial charge in [0.1, 0.15) is 0 Å². The normalized spacial score (nSPS) is 62.2. The van der Waals surface area contributed by atoms with Crippen molar-refractivity contribution in [3.63, 3.8) is 0 Å². The zero-order chi connectivity index (χ0) is 9.28. The van der Waals surface area contributed by atoms with Crippen molar-refractivity contribution in [1.82, 2.24) is 0 Å². The maximum atomic E-state index is 9.79. The Morgan fingerprint density at radius 2 is 1.57 bits per heavy atom. The average molecular weight is 190 g/mol. The first-order valence-electron chi connectivity index (χ1n) is 5.52. The lowest BCUT2D eigenvalue weighted by atomic mass is 9.50. The number of ether oxygens (including phenoxy) is 1. The Morgan fingerprint density at radius 1 is 0.929 bits per heavy atom. The Bertz CT molecular complexity index is 333. The highest BCUT2D eigenvalue weighted by Gasteiger charge is 2.57. The van der Waals surface area contributed by atoms with E-state index in [1.807, 2.05) is 0 Å². The van der Waals surface area contributed by atoms with Gasteiger partial charge in [-0.3, -0.25) is 0 Å². The van der Waals surface area contributed by atoms with Gasteiger partial charge in [-0.05, 0) is 29.6 Å². The van der Waals surface area contributed by atoms with E-state index in [-0.39, 0.29) is 0 Å². The highest BCUT2D eigenvalue weighted by Crippen LogP contribution is 2.58. The molecule has 2 fully saturated rings. The second-order valence-electron chi connectivity index (χ2n) is 5.04. The predicted octanol–water partition coefficient (Wildman–Crippen LogP) is 1.19. The topological polar surface area (TPSA) is 29.5 Å².